The Morgan fingerprint density at radius 1 is 1.16 bits per heavy atom. The molecule has 0 aliphatic heterocycles. The van der Waals surface area contributed by atoms with E-state index < -0.39 is 10.0 Å². The third-order valence-electron chi connectivity index (χ3n) is 5.15. The van der Waals surface area contributed by atoms with Crippen molar-refractivity contribution < 1.29 is 17.9 Å². The number of H-pyrrole nitrogens is 1. The lowest BCUT2D eigenvalue weighted by Gasteiger charge is -2.17. The quantitative estimate of drug-likeness (QED) is 0.358. The topological polar surface area (TPSA) is 100 Å². The molecule has 0 aliphatic carbocycles. The van der Waals surface area contributed by atoms with Gasteiger partial charge in [-0.3, -0.25) is 4.79 Å². The predicted molar refractivity (Wildman–Crippen MR) is 127 cm³/mol. The van der Waals surface area contributed by atoms with Crippen LogP contribution in [0.25, 0.3) is 10.9 Å². The number of nitrogens with one attached hydrogen (secondary N) is 3. The van der Waals surface area contributed by atoms with Gasteiger partial charge in [-0.25, -0.2) is 13.1 Å². The molecule has 0 bridgehead atoms. The Bertz CT molecular complexity index is 1340. The number of ether oxygens (including phenoxy) is 1. The highest BCUT2D eigenvalue weighted by Crippen LogP contribution is 2.33. The number of aromatic nitrogens is 1. The number of hydrogen-bond acceptors (Lipinski definition) is 5. The zero-order valence-electron chi connectivity index (χ0n) is 17.6. The van der Waals surface area contributed by atoms with Crippen LogP contribution in [-0.2, 0) is 14.8 Å². The summed E-state index contributed by atoms with van der Waals surface area (Å²) < 4.78 is 34.2. The van der Waals surface area contributed by atoms with Crippen molar-refractivity contribution in [3.8, 4) is 5.75 Å². The van der Waals surface area contributed by atoms with Crippen molar-refractivity contribution in [3.63, 3.8) is 0 Å². The zero-order chi connectivity index (χ0) is 22.7. The first-order valence-electron chi connectivity index (χ1n) is 9.94. The summed E-state index contributed by atoms with van der Waals surface area (Å²) in [6.07, 6.45) is 1.94. The summed E-state index contributed by atoms with van der Waals surface area (Å²) in [4.78, 5) is 15.8. The summed E-state index contributed by atoms with van der Waals surface area (Å²) in [5, 5.41) is 5.67. The van der Waals surface area contributed by atoms with E-state index in [9.17, 15) is 13.2 Å². The summed E-state index contributed by atoms with van der Waals surface area (Å²) in [6.45, 7) is 1.57. The van der Waals surface area contributed by atoms with Gasteiger partial charge in [0, 0.05) is 47.4 Å². The molecule has 3 N–H and O–H groups in total. The third-order valence-corrected chi connectivity index (χ3v) is 7.56. The van der Waals surface area contributed by atoms with E-state index >= 15 is 0 Å². The molecule has 0 unspecified atom stereocenters. The Morgan fingerprint density at radius 2 is 1.97 bits per heavy atom. The minimum absolute atomic E-state index is 0.0623. The molecule has 4 aromatic rings. The number of hydrogen-bond donors (Lipinski definition) is 3. The molecule has 0 aliphatic rings. The number of para-hydroxylation sites is 1. The first kappa shape index (κ1) is 22.1. The number of carbonyl (C=O) groups excluding carboxylic acids is 1. The number of benzene rings is 2. The second kappa shape index (κ2) is 9.15. The van der Waals surface area contributed by atoms with Gasteiger partial charge in [0.25, 0.3) is 0 Å². The number of fused-ring (bicyclic) bond motifs is 1. The van der Waals surface area contributed by atoms with E-state index in [1.807, 2.05) is 48.0 Å². The van der Waals surface area contributed by atoms with E-state index in [-0.39, 0.29) is 29.0 Å². The Kier molecular flexibility index (Phi) is 6.31. The van der Waals surface area contributed by atoms with Crippen molar-refractivity contribution in [1.29, 1.82) is 0 Å². The number of aromatic amines is 1. The molecule has 2 heterocycles. The van der Waals surface area contributed by atoms with Gasteiger partial charge in [-0.1, -0.05) is 24.3 Å². The Balaban J connectivity index is 1.63. The van der Waals surface area contributed by atoms with E-state index in [0.717, 1.165) is 21.3 Å². The molecule has 7 nitrogen and oxygen atoms in total. The van der Waals surface area contributed by atoms with Crippen LogP contribution in [0.1, 0.15) is 23.3 Å². The maximum atomic E-state index is 13.1. The van der Waals surface area contributed by atoms with Crippen LogP contribution in [0, 0.1) is 0 Å². The van der Waals surface area contributed by atoms with Gasteiger partial charge in [-0.05, 0) is 35.2 Å². The maximum absolute atomic E-state index is 13.1. The Hall–Kier alpha value is -3.14. The van der Waals surface area contributed by atoms with E-state index in [0.29, 0.717) is 5.69 Å². The van der Waals surface area contributed by atoms with Crippen LogP contribution >= 0.6 is 11.3 Å². The molecule has 1 atom stereocenters. The van der Waals surface area contributed by atoms with Crippen molar-refractivity contribution in [2.24, 2.45) is 0 Å². The van der Waals surface area contributed by atoms with E-state index in [2.05, 4.69) is 15.0 Å². The van der Waals surface area contributed by atoms with E-state index in [1.165, 1.54) is 32.2 Å². The highest BCUT2D eigenvalue weighted by molar-refractivity contribution is 7.89. The average molecular weight is 470 g/mol. The lowest BCUT2D eigenvalue weighted by atomic mass is 9.97. The number of methoxy groups -OCH3 is 1. The summed E-state index contributed by atoms with van der Waals surface area (Å²) in [5.41, 5.74) is 2.45. The second-order valence-electron chi connectivity index (χ2n) is 7.25. The number of amides is 1. The lowest BCUT2D eigenvalue weighted by Crippen LogP contribution is -2.28. The summed E-state index contributed by atoms with van der Waals surface area (Å²) in [5.74, 6) is -0.148. The van der Waals surface area contributed by atoms with Gasteiger partial charge >= 0.3 is 0 Å². The average Bonchev–Trinajstić information content (AvgIpc) is 3.45. The van der Waals surface area contributed by atoms with E-state index in [1.54, 1.807) is 11.3 Å². The fourth-order valence-corrected chi connectivity index (χ4v) is 5.55. The highest BCUT2D eigenvalue weighted by atomic mass is 32.2. The Morgan fingerprint density at radius 3 is 2.69 bits per heavy atom. The van der Waals surface area contributed by atoms with Gasteiger partial charge in [0.15, 0.2) is 0 Å². The molecule has 2 aromatic heterocycles. The van der Waals surface area contributed by atoms with Crippen LogP contribution in [-0.4, -0.2) is 33.0 Å². The van der Waals surface area contributed by atoms with Gasteiger partial charge in [0.2, 0.25) is 15.9 Å². The van der Waals surface area contributed by atoms with Crippen molar-refractivity contribution in [2.45, 2.75) is 17.7 Å². The van der Waals surface area contributed by atoms with Crippen LogP contribution in [0.3, 0.4) is 0 Å². The number of carbonyl (C=O) groups is 1. The van der Waals surface area contributed by atoms with Crippen molar-refractivity contribution in [1.82, 2.24) is 9.71 Å². The number of rotatable bonds is 8. The summed E-state index contributed by atoms with van der Waals surface area (Å²) in [7, 11) is -2.39. The van der Waals surface area contributed by atoms with Gasteiger partial charge in [-0.2, -0.15) is 0 Å². The first-order chi connectivity index (χ1) is 15.4. The SMILES string of the molecule is COc1cc(S(=O)(=O)NC[C@@H](c2cccs2)c2c[nH]c3ccccc23)ccc1NC(C)=O. The molecule has 0 saturated carbocycles. The summed E-state index contributed by atoms with van der Waals surface area (Å²) >= 11 is 1.59. The molecule has 0 radical (unpaired) electrons. The van der Waals surface area contributed by atoms with Crippen molar-refractivity contribution in [2.75, 3.05) is 19.0 Å². The first-order valence-corrected chi connectivity index (χ1v) is 12.3. The maximum Gasteiger partial charge on any atom is 0.240 e. The minimum atomic E-state index is -3.82. The fourth-order valence-electron chi connectivity index (χ4n) is 3.64. The largest absolute Gasteiger partial charge is 0.495 e. The van der Waals surface area contributed by atoms with Crippen LogP contribution < -0.4 is 14.8 Å². The second-order valence-corrected chi connectivity index (χ2v) is 10.00. The van der Waals surface area contributed by atoms with Crippen LogP contribution in [0.15, 0.2) is 71.1 Å². The van der Waals surface area contributed by atoms with Crippen LogP contribution in [0.2, 0.25) is 0 Å². The predicted octanol–water partition coefficient (Wildman–Crippen LogP) is 4.31. The number of anilines is 1. The molecule has 32 heavy (non-hydrogen) atoms. The van der Waals surface area contributed by atoms with Gasteiger partial charge in [0.1, 0.15) is 5.75 Å². The summed E-state index contributed by atoms with van der Waals surface area (Å²) in [6, 6.07) is 16.3. The normalized spacial score (nSPS) is 12.6. The molecule has 9 heteroatoms. The van der Waals surface area contributed by atoms with Crippen LogP contribution in [0.5, 0.6) is 5.75 Å². The van der Waals surface area contributed by atoms with Gasteiger partial charge < -0.3 is 15.0 Å². The molecule has 0 saturated heterocycles. The molecule has 4 rings (SSSR count). The van der Waals surface area contributed by atoms with Gasteiger partial charge in [0.05, 0.1) is 17.7 Å². The standard InChI is InChI=1S/C23H23N3O4S2/c1-15(27)26-21-10-9-16(12-22(21)30-2)32(28,29)25-14-19(23-8-5-11-31-23)18-13-24-20-7-4-3-6-17(18)20/h3-13,19,24-25H,14H2,1-2H3,(H,26,27)/t19-/m1/s1. The molecule has 166 valence electrons. The van der Waals surface area contributed by atoms with Crippen molar-refractivity contribution in [3.05, 3.63) is 76.6 Å². The number of thiophene rings is 1. The Labute approximate surface area is 190 Å². The smallest absolute Gasteiger partial charge is 0.240 e. The molecular weight excluding hydrogens is 446 g/mol. The highest BCUT2D eigenvalue weighted by Gasteiger charge is 2.23. The zero-order valence-corrected chi connectivity index (χ0v) is 19.2. The lowest BCUT2D eigenvalue weighted by molar-refractivity contribution is -0.114. The monoisotopic (exact) mass is 469 g/mol. The van der Waals surface area contributed by atoms with Gasteiger partial charge in [-0.15, -0.1) is 11.3 Å². The molecule has 2 aromatic carbocycles. The van der Waals surface area contributed by atoms with E-state index in [4.69, 9.17) is 4.74 Å². The molecule has 1 amide bonds. The number of sulfonamides is 1. The van der Waals surface area contributed by atoms with Crippen LogP contribution in [0.4, 0.5) is 5.69 Å². The minimum Gasteiger partial charge on any atom is -0.495 e. The van der Waals surface area contributed by atoms with Crippen molar-refractivity contribution >= 4 is 43.9 Å². The molecule has 0 fully saturated rings. The molecule has 0 spiro atoms. The third kappa shape index (κ3) is 4.55. The molecular formula is C23H23N3O4S2. The fraction of sp³-hybridized carbons (Fsp3) is 0.174.